The van der Waals surface area contributed by atoms with Gasteiger partial charge in [0, 0.05) is 28.2 Å². The van der Waals surface area contributed by atoms with E-state index >= 15 is 0 Å². The van der Waals surface area contributed by atoms with Gasteiger partial charge in [-0.1, -0.05) is 65.8 Å². The lowest BCUT2D eigenvalue weighted by molar-refractivity contribution is 0.102. The highest BCUT2D eigenvalue weighted by molar-refractivity contribution is 7.98. The van der Waals surface area contributed by atoms with E-state index < -0.39 is 0 Å². The van der Waals surface area contributed by atoms with E-state index in [9.17, 15) is 4.79 Å². The van der Waals surface area contributed by atoms with Gasteiger partial charge in [0.1, 0.15) is 0 Å². The van der Waals surface area contributed by atoms with Gasteiger partial charge in [-0.25, -0.2) is 4.98 Å². The third-order valence-corrected chi connectivity index (χ3v) is 7.01. The molecule has 35 heavy (non-hydrogen) atoms. The number of rotatable bonds is 7. The molecule has 0 aliphatic rings. The Morgan fingerprint density at radius 3 is 2.63 bits per heavy atom. The lowest BCUT2D eigenvalue weighted by Crippen LogP contribution is -2.12. The first-order valence-electron chi connectivity index (χ1n) is 11.2. The van der Waals surface area contributed by atoms with Gasteiger partial charge in [-0.3, -0.25) is 9.78 Å². The molecule has 0 aliphatic carbocycles. The summed E-state index contributed by atoms with van der Waals surface area (Å²) in [5, 5.41) is 4.63. The number of benzene rings is 3. The van der Waals surface area contributed by atoms with Crippen LogP contribution in [0, 0.1) is 6.92 Å². The van der Waals surface area contributed by atoms with E-state index in [1.807, 2.05) is 85.9 Å². The highest BCUT2D eigenvalue weighted by Gasteiger charge is 2.13. The number of imidazole rings is 1. The Morgan fingerprint density at radius 1 is 1.00 bits per heavy atom. The summed E-state index contributed by atoms with van der Waals surface area (Å²) in [6.45, 7) is 2.60. The van der Waals surface area contributed by atoms with Crippen LogP contribution in [0.4, 0.5) is 5.69 Å². The van der Waals surface area contributed by atoms with Gasteiger partial charge in [0.2, 0.25) is 0 Å². The Balaban J connectivity index is 1.35. The lowest BCUT2D eigenvalue weighted by atomic mass is 10.1. The van der Waals surface area contributed by atoms with Crippen molar-refractivity contribution < 1.29 is 4.79 Å². The van der Waals surface area contributed by atoms with Crippen LogP contribution in [0.5, 0.6) is 0 Å². The van der Waals surface area contributed by atoms with E-state index in [1.54, 1.807) is 18.0 Å². The zero-order chi connectivity index (χ0) is 24.2. The summed E-state index contributed by atoms with van der Waals surface area (Å²) in [5.41, 5.74) is 6.56. The van der Waals surface area contributed by atoms with E-state index in [1.165, 1.54) is 0 Å². The molecule has 0 unspecified atom stereocenters. The van der Waals surface area contributed by atoms with Crippen molar-refractivity contribution in [1.82, 2.24) is 14.5 Å². The van der Waals surface area contributed by atoms with Crippen LogP contribution in [0.1, 0.15) is 27.0 Å². The maximum atomic E-state index is 12.7. The highest BCUT2D eigenvalue weighted by Crippen LogP contribution is 2.28. The van der Waals surface area contributed by atoms with Gasteiger partial charge >= 0.3 is 0 Å². The van der Waals surface area contributed by atoms with Crippen LogP contribution in [-0.2, 0) is 12.3 Å². The average molecular weight is 499 g/mol. The van der Waals surface area contributed by atoms with Crippen molar-refractivity contribution in [2.24, 2.45) is 0 Å². The summed E-state index contributed by atoms with van der Waals surface area (Å²) < 4.78 is 2.17. The van der Waals surface area contributed by atoms with Gasteiger partial charge in [0.15, 0.2) is 5.16 Å². The number of hydrogen-bond donors (Lipinski definition) is 1. The number of aromatic nitrogens is 3. The van der Waals surface area contributed by atoms with Crippen LogP contribution in [0.3, 0.4) is 0 Å². The summed E-state index contributed by atoms with van der Waals surface area (Å²) in [6.07, 6.45) is 3.60. The molecule has 0 spiro atoms. The minimum Gasteiger partial charge on any atom is -0.322 e. The summed E-state index contributed by atoms with van der Waals surface area (Å²) in [7, 11) is 0. The highest BCUT2D eigenvalue weighted by atomic mass is 35.5. The summed E-state index contributed by atoms with van der Waals surface area (Å²) >= 11 is 7.82. The number of amides is 1. The number of nitrogens with zero attached hydrogens (tertiary/aromatic N) is 3. The van der Waals surface area contributed by atoms with Gasteiger partial charge < -0.3 is 9.88 Å². The number of fused-ring (bicyclic) bond motifs is 1. The second-order valence-corrected chi connectivity index (χ2v) is 9.61. The van der Waals surface area contributed by atoms with Crippen LogP contribution < -0.4 is 5.32 Å². The Hall–Kier alpha value is -3.61. The van der Waals surface area contributed by atoms with E-state index in [0.717, 1.165) is 49.3 Å². The van der Waals surface area contributed by atoms with Crippen molar-refractivity contribution >= 4 is 46.0 Å². The molecule has 2 aromatic heterocycles. The van der Waals surface area contributed by atoms with E-state index in [4.69, 9.17) is 16.6 Å². The van der Waals surface area contributed by atoms with Crippen LogP contribution in [0.2, 0.25) is 5.02 Å². The summed E-state index contributed by atoms with van der Waals surface area (Å²) in [4.78, 5) is 21.9. The smallest absolute Gasteiger partial charge is 0.255 e. The van der Waals surface area contributed by atoms with Gasteiger partial charge in [-0.2, -0.15) is 0 Å². The van der Waals surface area contributed by atoms with Crippen LogP contribution in [0.15, 0.2) is 96.4 Å². The number of aryl methyl sites for hydroxylation is 1. The topological polar surface area (TPSA) is 59.8 Å². The van der Waals surface area contributed by atoms with Gasteiger partial charge in [-0.05, 0) is 60.0 Å². The molecular formula is C28H23ClN4OS. The normalized spacial score (nSPS) is 11.0. The molecule has 0 saturated carbocycles. The summed E-state index contributed by atoms with van der Waals surface area (Å²) in [5.74, 6) is 0.635. The molecule has 1 N–H and O–H groups in total. The molecule has 0 aliphatic heterocycles. The Kier molecular flexibility index (Phi) is 6.84. The lowest BCUT2D eigenvalue weighted by Gasteiger charge is -2.11. The fourth-order valence-corrected chi connectivity index (χ4v) is 5.01. The van der Waals surface area contributed by atoms with Crippen LogP contribution in [0.25, 0.3) is 11.0 Å². The quantitative estimate of drug-likeness (QED) is 0.246. The standard InChI is InChI=1S/C28H23ClN4OS/c1-19-5-2-3-8-24(19)31-27(34)22-11-9-20(10-12-22)17-33-26-16-30-14-13-25(26)32-28(33)35-18-21-6-4-7-23(29)15-21/h2-16H,17-18H2,1H3,(H,31,34). The van der Waals surface area contributed by atoms with Gasteiger partial charge in [0.25, 0.3) is 5.91 Å². The number of nitrogens with one attached hydrogen (secondary N) is 1. The number of anilines is 1. The van der Waals surface area contributed by atoms with Gasteiger partial charge in [0.05, 0.1) is 23.8 Å². The SMILES string of the molecule is Cc1ccccc1NC(=O)c1ccc(Cn2c(SCc3cccc(Cl)c3)nc3ccncc32)cc1. The molecule has 0 atom stereocenters. The number of para-hydroxylation sites is 1. The summed E-state index contributed by atoms with van der Waals surface area (Å²) in [6, 6.07) is 25.2. The number of carbonyl (C=O) groups excluding carboxylic acids is 1. The second kappa shape index (κ2) is 10.3. The average Bonchev–Trinajstić information content (AvgIpc) is 3.22. The molecule has 0 bridgehead atoms. The van der Waals surface area contributed by atoms with Crippen molar-refractivity contribution in [1.29, 1.82) is 0 Å². The molecule has 5 nitrogen and oxygen atoms in total. The molecule has 0 radical (unpaired) electrons. The van der Waals surface area contributed by atoms with Crippen molar-refractivity contribution in [3.05, 3.63) is 119 Å². The van der Waals surface area contributed by atoms with Crippen molar-refractivity contribution in [2.75, 3.05) is 5.32 Å². The molecule has 5 rings (SSSR count). The van der Waals surface area contributed by atoms with Crippen LogP contribution >= 0.6 is 23.4 Å². The molecule has 0 fully saturated rings. The largest absolute Gasteiger partial charge is 0.322 e. The fraction of sp³-hybridized carbons (Fsp3) is 0.107. The maximum Gasteiger partial charge on any atom is 0.255 e. The van der Waals surface area contributed by atoms with Crippen LogP contribution in [-0.4, -0.2) is 20.4 Å². The zero-order valence-electron chi connectivity index (χ0n) is 19.1. The third kappa shape index (κ3) is 5.39. The molecule has 5 aromatic rings. The minimum absolute atomic E-state index is 0.124. The number of thioether (sulfide) groups is 1. The Labute approximate surface area is 213 Å². The first-order valence-corrected chi connectivity index (χ1v) is 12.6. The van der Waals surface area contributed by atoms with E-state index in [2.05, 4.69) is 20.9 Å². The van der Waals surface area contributed by atoms with E-state index in [0.29, 0.717) is 12.1 Å². The predicted octanol–water partition coefficient (Wildman–Crippen LogP) is 6.99. The molecule has 0 saturated heterocycles. The monoisotopic (exact) mass is 498 g/mol. The Bertz CT molecular complexity index is 1500. The number of carbonyl (C=O) groups is 1. The molecule has 3 aromatic carbocycles. The van der Waals surface area contributed by atoms with Gasteiger partial charge in [-0.15, -0.1) is 0 Å². The first kappa shape index (κ1) is 23.1. The van der Waals surface area contributed by atoms with E-state index in [-0.39, 0.29) is 5.91 Å². The predicted molar refractivity (Wildman–Crippen MR) is 143 cm³/mol. The van der Waals surface area contributed by atoms with Crippen molar-refractivity contribution in [3.63, 3.8) is 0 Å². The fourth-order valence-electron chi connectivity index (χ4n) is 3.84. The molecule has 1 amide bonds. The molecule has 2 heterocycles. The Morgan fingerprint density at radius 2 is 1.83 bits per heavy atom. The molecule has 174 valence electrons. The molecule has 7 heteroatoms. The number of halogens is 1. The minimum atomic E-state index is -0.124. The second-order valence-electron chi connectivity index (χ2n) is 8.23. The number of pyridine rings is 1. The van der Waals surface area contributed by atoms with Crippen molar-refractivity contribution in [2.45, 2.75) is 24.4 Å². The van der Waals surface area contributed by atoms with Crippen molar-refractivity contribution in [3.8, 4) is 0 Å². The maximum absolute atomic E-state index is 12.7. The molecular weight excluding hydrogens is 476 g/mol. The first-order chi connectivity index (χ1) is 17.1. The number of hydrogen-bond acceptors (Lipinski definition) is 4. The zero-order valence-corrected chi connectivity index (χ0v) is 20.7. The third-order valence-electron chi connectivity index (χ3n) is 5.72.